The molecule has 0 aliphatic heterocycles. The number of sulfonamides is 1. The first-order valence-corrected chi connectivity index (χ1v) is 7.02. The molecule has 16 heavy (non-hydrogen) atoms. The molecule has 1 N–H and O–H groups in total. The van der Waals surface area contributed by atoms with E-state index in [1.807, 2.05) is 45.9 Å². The third-order valence-corrected chi connectivity index (χ3v) is 3.89. The van der Waals surface area contributed by atoms with E-state index in [2.05, 4.69) is 4.72 Å². The summed E-state index contributed by atoms with van der Waals surface area (Å²) in [6.45, 7) is 7.52. The predicted octanol–water partition coefficient (Wildman–Crippen LogP) is 2.13. The summed E-state index contributed by atoms with van der Waals surface area (Å²) in [7, 11) is -3.23. The van der Waals surface area contributed by atoms with Crippen LogP contribution in [0.3, 0.4) is 0 Å². The summed E-state index contributed by atoms with van der Waals surface area (Å²) in [4.78, 5) is 0. The van der Waals surface area contributed by atoms with Gasteiger partial charge in [-0.2, -0.15) is 0 Å². The second-order valence-electron chi connectivity index (χ2n) is 4.40. The Hall–Kier alpha value is -0.870. The van der Waals surface area contributed by atoms with Crippen molar-refractivity contribution >= 4 is 10.0 Å². The van der Waals surface area contributed by atoms with Gasteiger partial charge in [0.25, 0.3) is 0 Å². The average molecular weight is 241 g/mol. The van der Waals surface area contributed by atoms with Gasteiger partial charge in [-0.1, -0.05) is 18.2 Å². The third-order valence-electron chi connectivity index (χ3n) is 2.39. The van der Waals surface area contributed by atoms with Crippen molar-refractivity contribution in [2.24, 2.45) is 0 Å². The SMILES string of the molecule is Cc1cccc(C)c1CS(=O)(=O)NC(C)C. The van der Waals surface area contributed by atoms with Crippen LogP contribution >= 0.6 is 0 Å². The molecular weight excluding hydrogens is 222 g/mol. The highest BCUT2D eigenvalue weighted by Gasteiger charge is 2.15. The lowest BCUT2D eigenvalue weighted by Gasteiger charge is -2.13. The highest BCUT2D eigenvalue weighted by atomic mass is 32.2. The molecule has 1 aromatic carbocycles. The maximum Gasteiger partial charge on any atom is 0.216 e. The lowest BCUT2D eigenvalue weighted by molar-refractivity contribution is 0.568. The standard InChI is InChI=1S/C12H19NO2S/c1-9(2)13-16(14,15)8-12-10(3)6-5-7-11(12)4/h5-7,9,13H,8H2,1-4H3. The van der Waals surface area contributed by atoms with Gasteiger partial charge in [-0.15, -0.1) is 0 Å². The van der Waals surface area contributed by atoms with E-state index in [9.17, 15) is 8.42 Å². The zero-order valence-corrected chi connectivity index (χ0v) is 11.1. The number of hydrogen-bond acceptors (Lipinski definition) is 2. The first kappa shape index (κ1) is 13.2. The fraction of sp³-hybridized carbons (Fsp3) is 0.500. The van der Waals surface area contributed by atoms with Crippen LogP contribution < -0.4 is 4.72 Å². The van der Waals surface area contributed by atoms with Crippen LogP contribution in [0.1, 0.15) is 30.5 Å². The average Bonchev–Trinajstić information content (AvgIpc) is 2.09. The molecule has 0 unspecified atom stereocenters. The van der Waals surface area contributed by atoms with Crippen molar-refractivity contribution < 1.29 is 8.42 Å². The van der Waals surface area contributed by atoms with E-state index < -0.39 is 10.0 Å². The summed E-state index contributed by atoms with van der Waals surface area (Å²) in [6, 6.07) is 5.76. The van der Waals surface area contributed by atoms with Gasteiger partial charge in [-0.05, 0) is 44.4 Å². The Morgan fingerprint density at radius 3 is 2.12 bits per heavy atom. The lowest BCUT2D eigenvalue weighted by atomic mass is 10.1. The van der Waals surface area contributed by atoms with E-state index in [-0.39, 0.29) is 11.8 Å². The monoisotopic (exact) mass is 241 g/mol. The molecule has 0 heterocycles. The minimum atomic E-state index is -3.23. The van der Waals surface area contributed by atoms with Crippen molar-refractivity contribution in [3.63, 3.8) is 0 Å². The minimum Gasteiger partial charge on any atom is -0.212 e. The van der Waals surface area contributed by atoms with Gasteiger partial charge in [0.2, 0.25) is 10.0 Å². The lowest BCUT2D eigenvalue weighted by Crippen LogP contribution is -2.31. The van der Waals surface area contributed by atoms with Crippen LogP contribution in [0.4, 0.5) is 0 Å². The van der Waals surface area contributed by atoms with Crippen LogP contribution in [0.2, 0.25) is 0 Å². The van der Waals surface area contributed by atoms with Crippen LogP contribution in [0.5, 0.6) is 0 Å². The maximum absolute atomic E-state index is 11.8. The molecular formula is C12H19NO2S. The summed E-state index contributed by atoms with van der Waals surface area (Å²) in [6.07, 6.45) is 0. The van der Waals surface area contributed by atoms with Gasteiger partial charge >= 0.3 is 0 Å². The van der Waals surface area contributed by atoms with E-state index in [4.69, 9.17) is 0 Å². The first-order chi connectivity index (χ1) is 7.32. The van der Waals surface area contributed by atoms with Crippen molar-refractivity contribution in [2.75, 3.05) is 0 Å². The number of hydrogen-bond donors (Lipinski definition) is 1. The highest BCUT2D eigenvalue weighted by Crippen LogP contribution is 2.16. The fourth-order valence-corrected chi connectivity index (χ4v) is 3.30. The quantitative estimate of drug-likeness (QED) is 0.877. The summed E-state index contributed by atoms with van der Waals surface area (Å²) < 4.78 is 26.2. The van der Waals surface area contributed by atoms with Crippen LogP contribution in [0.15, 0.2) is 18.2 Å². The normalized spacial score (nSPS) is 12.1. The Balaban J connectivity index is 2.97. The molecule has 90 valence electrons. The van der Waals surface area contributed by atoms with Gasteiger partial charge in [-0.3, -0.25) is 0 Å². The molecule has 0 saturated carbocycles. The third kappa shape index (κ3) is 3.61. The molecule has 0 fully saturated rings. The number of nitrogens with one attached hydrogen (secondary N) is 1. The highest BCUT2D eigenvalue weighted by molar-refractivity contribution is 7.88. The molecule has 0 saturated heterocycles. The Morgan fingerprint density at radius 2 is 1.69 bits per heavy atom. The van der Waals surface area contributed by atoms with Gasteiger partial charge in [0.1, 0.15) is 0 Å². The van der Waals surface area contributed by atoms with Crippen LogP contribution in [0, 0.1) is 13.8 Å². The second-order valence-corrected chi connectivity index (χ2v) is 6.16. The predicted molar refractivity (Wildman–Crippen MR) is 66.8 cm³/mol. The van der Waals surface area contributed by atoms with Crippen LogP contribution in [-0.2, 0) is 15.8 Å². The molecule has 3 nitrogen and oxygen atoms in total. The van der Waals surface area contributed by atoms with Crippen LogP contribution in [0.25, 0.3) is 0 Å². The van der Waals surface area contributed by atoms with E-state index >= 15 is 0 Å². The van der Waals surface area contributed by atoms with Gasteiger partial charge in [0, 0.05) is 6.04 Å². The number of benzene rings is 1. The summed E-state index contributed by atoms with van der Waals surface area (Å²) >= 11 is 0. The Labute approximate surface area is 97.9 Å². The van der Waals surface area contributed by atoms with Crippen molar-refractivity contribution in [1.82, 2.24) is 4.72 Å². The van der Waals surface area contributed by atoms with E-state index in [0.29, 0.717) is 0 Å². The Morgan fingerprint density at radius 1 is 1.19 bits per heavy atom. The second kappa shape index (κ2) is 4.97. The molecule has 0 spiro atoms. The smallest absolute Gasteiger partial charge is 0.212 e. The maximum atomic E-state index is 11.8. The molecule has 1 rings (SSSR count). The Kier molecular flexibility index (Phi) is 4.10. The molecule has 1 aromatic rings. The zero-order chi connectivity index (χ0) is 12.3. The molecule has 0 bridgehead atoms. The van der Waals surface area contributed by atoms with E-state index in [1.54, 1.807) is 0 Å². The van der Waals surface area contributed by atoms with Crippen molar-refractivity contribution in [2.45, 2.75) is 39.5 Å². The van der Waals surface area contributed by atoms with E-state index in [0.717, 1.165) is 16.7 Å². The number of rotatable bonds is 4. The van der Waals surface area contributed by atoms with Crippen molar-refractivity contribution in [3.8, 4) is 0 Å². The first-order valence-electron chi connectivity index (χ1n) is 5.37. The van der Waals surface area contributed by atoms with Crippen molar-refractivity contribution in [3.05, 3.63) is 34.9 Å². The topological polar surface area (TPSA) is 46.2 Å². The van der Waals surface area contributed by atoms with Gasteiger partial charge in [-0.25, -0.2) is 13.1 Å². The molecule has 0 radical (unpaired) electrons. The Bertz CT molecular complexity index is 444. The molecule has 0 aromatic heterocycles. The zero-order valence-electron chi connectivity index (χ0n) is 10.2. The van der Waals surface area contributed by atoms with Crippen LogP contribution in [-0.4, -0.2) is 14.5 Å². The molecule has 0 amide bonds. The van der Waals surface area contributed by atoms with Gasteiger partial charge < -0.3 is 0 Å². The van der Waals surface area contributed by atoms with Gasteiger partial charge in [0.15, 0.2) is 0 Å². The summed E-state index contributed by atoms with van der Waals surface area (Å²) in [5.74, 6) is 0.0592. The van der Waals surface area contributed by atoms with Gasteiger partial charge in [0.05, 0.1) is 5.75 Å². The molecule has 0 aliphatic carbocycles. The minimum absolute atomic E-state index is 0.0592. The number of aryl methyl sites for hydroxylation is 2. The largest absolute Gasteiger partial charge is 0.216 e. The molecule has 0 aliphatic rings. The summed E-state index contributed by atoms with van der Waals surface area (Å²) in [5.41, 5.74) is 2.94. The fourth-order valence-electron chi connectivity index (χ4n) is 1.67. The van der Waals surface area contributed by atoms with E-state index in [1.165, 1.54) is 0 Å². The molecule has 4 heteroatoms. The molecule has 0 atom stereocenters. The summed E-state index contributed by atoms with van der Waals surface area (Å²) in [5, 5.41) is 0. The van der Waals surface area contributed by atoms with Crippen molar-refractivity contribution in [1.29, 1.82) is 0 Å².